The van der Waals surface area contributed by atoms with E-state index < -0.39 is 78.0 Å². The van der Waals surface area contributed by atoms with E-state index in [1.807, 2.05) is 6.92 Å². The number of carbonyl (C=O) groups excluding carboxylic acids is 6. The molecule has 13 atom stereocenters. The Hall–Kier alpha value is -3.10. The second-order valence-corrected chi connectivity index (χ2v) is 15.4. The largest absolute Gasteiger partial charge is 0.467 e. The minimum Gasteiger partial charge on any atom is -0.467 e. The third-order valence-corrected chi connectivity index (χ3v) is 12.8. The van der Waals surface area contributed by atoms with Gasteiger partial charge in [0.25, 0.3) is 0 Å². The molecule has 0 aromatic carbocycles. The normalized spacial score (nSPS) is 42.1. The number of carbonyl (C=O) groups is 6. The number of Topliss-reactive ketones (excluding diaryl/α,β-unsaturated/α-hetero) is 1. The highest BCUT2D eigenvalue weighted by Crippen LogP contribution is 2.68. The van der Waals surface area contributed by atoms with Crippen molar-refractivity contribution in [1.82, 2.24) is 0 Å². The number of methoxy groups -OCH3 is 1. The van der Waals surface area contributed by atoms with Gasteiger partial charge in [0.1, 0.15) is 18.3 Å². The minimum atomic E-state index is -1.71. The highest BCUT2D eigenvalue weighted by molar-refractivity contribution is 5.89. The summed E-state index contributed by atoms with van der Waals surface area (Å²) in [5, 5.41) is 12.2. The highest BCUT2D eigenvalue weighted by atomic mass is 16.7. The van der Waals surface area contributed by atoms with Crippen molar-refractivity contribution in [3.05, 3.63) is 0 Å². The Balaban J connectivity index is 1.33. The fourth-order valence-corrected chi connectivity index (χ4v) is 10.5. The Kier molecular flexibility index (Phi) is 11.1. The van der Waals surface area contributed by atoms with Crippen LogP contribution in [0.5, 0.6) is 0 Å². The molecule has 1 aliphatic heterocycles. The van der Waals surface area contributed by atoms with Gasteiger partial charge in [0.15, 0.2) is 36.5 Å². The number of esters is 5. The molecule has 14 nitrogen and oxygen atoms in total. The molecule has 4 saturated carbocycles. The van der Waals surface area contributed by atoms with E-state index in [9.17, 15) is 33.9 Å². The van der Waals surface area contributed by atoms with Crippen molar-refractivity contribution in [1.29, 1.82) is 0 Å². The van der Waals surface area contributed by atoms with E-state index in [-0.39, 0.29) is 29.8 Å². The standard InChI is InChI=1S/C36H52O14/c1-18(37)46-23-10-13-34(5)22(16-23)8-9-24-25(34)11-14-35(6)26(24)12-15-36(35,43)27(41)17-45-33-31(49-21(4)40)29(48-20(3)39)28(47-19(2)38)30(50-33)32(42)44-7/h22-26,28-31,33,43H,8-17H2,1-7H3/t22?,23-,24?,25?,26?,28-,29-,30?,31+,33+,34?,35?,36+/m1/s1. The molecule has 0 spiro atoms. The van der Waals surface area contributed by atoms with E-state index in [0.717, 1.165) is 66.4 Å². The molecule has 1 N–H and O–H groups in total. The number of aliphatic hydroxyl groups is 1. The first-order chi connectivity index (χ1) is 23.4. The SMILES string of the molecule is COC(=O)C1O[C@H](OCC(=O)[C@@]2(O)CCC3C4CCC5C[C@H](OC(C)=O)CCC5(C)C4CCC32C)[C@@H](OC(C)=O)[C@H](OC(C)=O)[C@H]1OC(C)=O. The zero-order valence-electron chi connectivity index (χ0n) is 30.1. The summed E-state index contributed by atoms with van der Waals surface area (Å²) >= 11 is 0. The number of hydrogen-bond acceptors (Lipinski definition) is 14. The molecule has 5 rings (SSSR count). The maximum Gasteiger partial charge on any atom is 0.339 e. The third kappa shape index (κ3) is 6.91. The zero-order valence-corrected chi connectivity index (χ0v) is 30.1. The molecule has 0 amide bonds. The van der Waals surface area contributed by atoms with Gasteiger partial charge < -0.3 is 38.3 Å². The van der Waals surface area contributed by atoms with E-state index in [1.54, 1.807) is 0 Å². The lowest BCUT2D eigenvalue weighted by Gasteiger charge is -2.61. The molecule has 1 saturated heterocycles. The topological polar surface area (TPSA) is 187 Å². The number of hydrogen-bond donors (Lipinski definition) is 1. The summed E-state index contributed by atoms with van der Waals surface area (Å²) in [6, 6.07) is 0. The highest BCUT2D eigenvalue weighted by Gasteiger charge is 2.67. The third-order valence-electron chi connectivity index (χ3n) is 12.8. The van der Waals surface area contributed by atoms with Gasteiger partial charge in [-0.05, 0) is 86.9 Å². The van der Waals surface area contributed by atoms with Crippen molar-refractivity contribution in [3.8, 4) is 0 Å². The van der Waals surface area contributed by atoms with Crippen LogP contribution in [0, 0.1) is 34.5 Å². The summed E-state index contributed by atoms with van der Waals surface area (Å²) in [5.41, 5.74) is -2.33. The molecule has 280 valence electrons. The molecule has 0 bridgehead atoms. The lowest BCUT2D eigenvalue weighted by atomic mass is 9.44. The number of rotatable bonds is 9. The first-order valence-corrected chi connectivity index (χ1v) is 17.7. The lowest BCUT2D eigenvalue weighted by molar-refractivity contribution is -0.300. The second-order valence-electron chi connectivity index (χ2n) is 15.4. The van der Waals surface area contributed by atoms with Crippen LogP contribution in [-0.4, -0.2) is 96.9 Å². The summed E-state index contributed by atoms with van der Waals surface area (Å²) in [6.45, 7) is 8.43. The van der Waals surface area contributed by atoms with E-state index in [1.165, 1.54) is 6.92 Å². The zero-order chi connectivity index (χ0) is 36.8. The molecule has 14 heteroatoms. The molecule has 0 radical (unpaired) electrons. The summed E-state index contributed by atoms with van der Waals surface area (Å²) in [7, 11) is 1.08. The Morgan fingerprint density at radius 2 is 1.32 bits per heavy atom. The molecule has 5 aliphatic rings. The van der Waals surface area contributed by atoms with Crippen LogP contribution in [0.2, 0.25) is 0 Å². The molecule has 1 heterocycles. The van der Waals surface area contributed by atoms with E-state index in [4.69, 9.17) is 33.2 Å². The van der Waals surface area contributed by atoms with Gasteiger partial charge in [-0.15, -0.1) is 0 Å². The molecule has 7 unspecified atom stereocenters. The second kappa shape index (κ2) is 14.5. The fourth-order valence-electron chi connectivity index (χ4n) is 10.5. The Bertz CT molecular complexity index is 1360. The molecule has 0 aromatic heterocycles. The van der Waals surface area contributed by atoms with Crippen molar-refractivity contribution < 1.29 is 67.0 Å². The van der Waals surface area contributed by atoms with Crippen molar-refractivity contribution in [2.24, 2.45) is 34.5 Å². The van der Waals surface area contributed by atoms with Gasteiger partial charge in [-0.25, -0.2) is 4.79 Å². The van der Waals surface area contributed by atoms with Crippen LogP contribution in [0.25, 0.3) is 0 Å². The van der Waals surface area contributed by atoms with E-state index in [0.29, 0.717) is 30.6 Å². The van der Waals surface area contributed by atoms with Gasteiger partial charge >= 0.3 is 29.8 Å². The van der Waals surface area contributed by atoms with Crippen molar-refractivity contribution >= 4 is 35.6 Å². The Morgan fingerprint density at radius 3 is 1.94 bits per heavy atom. The predicted octanol–water partition coefficient (Wildman–Crippen LogP) is 2.97. The van der Waals surface area contributed by atoms with Crippen molar-refractivity contribution in [3.63, 3.8) is 0 Å². The van der Waals surface area contributed by atoms with Gasteiger partial charge in [-0.3, -0.25) is 24.0 Å². The number of ketones is 1. The molecular formula is C36H52O14. The van der Waals surface area contributed by atoms with Crippen LogP contribution in [0.1, 0.15) is 99.3 Å². The summed E-state index contributed by atoms with van der Waals surface area (Å²) in [5.74, 6) is -2.96. The average Bonchev–Trinajstić information content (AvgIpc) is 3.32. The van der Waals surface area contributed by atoms with Crippen LogP contribution in [0.15, 0.2) is 0 Å². The van der Waals surface area contributed by atoms with Crippen LogP contribution in [0.3, 0.4) is 0 Å². The van der Waals surface area contributed by atoms with Crippen LogP contribution >= 0.6 is 0 Å². The van der Waals surface area contributed by atoms with Crippen LogP contribution < -0.4 is 0 Å². The number of fused-ring (bicyclic) bond motifs is 5. The maximum atomic E-state index is 14.1. The fraction of sp³-hybridized carbons (Fsp3) is 0.833. The monoisotopic (exact) mass is 708 g/mol. The maximum absolute atomic E-state index is 14.1. The average molecular weight is 709 g/mol. The smallest absolute Gasteiger partial charge is 0.339 e. The molecule has 0 aromatic rings. The van der Waals surface area contributed by atoms with Crippen molar-refractivity contribution in [2.75, 3.05) is 13.7 Å². The Labute approximate surface area is 292 Å². The first-order valence-electron chi connectivity index (χ1n) is 17.7. The summed E-state index contributed by atoms with van der Waals surface area (Å²) in [6.07, 6.45) is -0.883. The van der Waals surface area contributed by atoms with Crippen LogP contribution in [0.4, 0.5) is 0 Å². The molecule has 5 fully saturated rings. The summed E-state index contributed by atoms with van der Waals surface area (Å²) in [4.78, 5) is 74.8. The van der Waals surface area contributed by atoms with Gasteiger partial charge in [0.05, 0.1) is 7.11 Å². The minimum absolute atomic E-state index is 0.0430. The van der Waals surface area contributed by atoms with Gasteiger partial charge in [0, 0.05) is 33.1 Å². The van der Waals surface area contributed by atoms with Crippen LogP contribution in [-0.2, 0) is 61.9 Å². The van der Waals surface area contributed by atoms with Gasteiger partial charge in [-0.1, -0.05) is 13.8 Å². The quantitative estimate of drug-likeness (QED) is 0.272. The lowest BCUT2D eigenvalue weighted by Crippen LogP contribution is -2.64. The van der Waals surface area contributed by atoms with E-state index >= 15 is 0 Å². The van der Waals surface area contributed by atoms with Gasteiger partial charge in [-0.2, -0.15) is 0 Å². The first kappa shape index (κ1) is 38.1. The Morgan fingerprint density at radius 1 is 0.720 bits per heavy atom. The molecule has 4 aliphatic carbocycles. The number of ether oxygens (including phenoxy) is 7. The van der Waals surface area contributed by atoms with E-state index in [2.05, 4.69) is 6.92 Å². The predicted molar refractivity (Wildman–Crippen MR) is 171 cm³/mol. The molecule has 50 heavy (non-hydrogen) atoms. The van der Waals surface area contributed by atoms with Gasteiger partial charge in [0.2, 0.25) is 0 Å². The summed E-state index contributed by atoms with van der Waals surface area (Å²) < 4.78 is 38.2. The van der Waals surface area contributed by atoms with Crippen molar-refractivity contribution in [2.45, 2.75) is 142 Å². The molecular weight excluding hydrogens is 656 g/mol.